The molecule has 2 heterocycles. The Morgan fingerprint density at radius 2 is 1.58 bits per heavy atom. The maximum Gasteiger partial charge on any atom is 0.335 e. The van der Waals surface area contributed by atoms with Gasteiger partial charge in [-0.3, -0.25) is 9.48 Å². The summed E-state index contributed by atoms with van der Waals surface area (Å²) in [4.78, 5) is 34.6. The number of aromatic nitrogens is 2. The second-order valence-electron chi connectivity index (χ2n) is 9.81. The third-order valence-electron chi connectivity index (χ3n) is 5.66. The average Bonchev–Trinajstić information content (AvgIpc) is 3.19. The standard InChI is InChI=1S/C20H30N4O2.C4H6O6/c1-14(2)24-17-8-6-5-7-16(17)18(22-24)19(25)21-15-9-11-23(12-10-15)13-20(3,4)26;5-1(3(7)8)2(6)4(9)10/h5-8,14-15,26H,9-13H2,1-4H3,(H,21,25);1-2,5-6H,(H,7,8)(H,9,10). The van der Waals surface area contributed by atoms with Gasteiger partial charge in [0.05, 0.1) is 11.1 Å². The van der Waals surface area contributed by atoms with Crippen molar-refractivity contribution in [1.82, 2.24) is 20.0 Å². The molecule has 1 amide bonds. The zero-order valence-corrected chi connectivity index (χ0v) is 21.0. The van der Waals surface area contributed by atoms with Gasteiger partial charge < -0.3 is 35.7 Å². The molecule has 0 bridgehead atoms. The molecule has 1 aliphatic rings. The molecule has 12 nitrogen and oxygen atoms in total. The molecule has 3 rings (SSSR count). The predicted octanol–water partition coefficient (Wildman–Crippen LogP) is 0.460. The highest BCUT2D eigenvalue weighted by Gasteiger charge is 2.29. The average molecular weight is 509 g/mol. The van der Waals surface area contributed by atoms with Crippen molar-refractivity contribution in [2.75, 3.05) is 19.6 Å². The van der Waals surface area contributed by atoms with Crippen molar-refractivity contribution in [3.05, 3.63) is 30.0 Å². The molecule has 0 aliphatic carbocycles. The van der Waals surface area contributed by atoms with Crippen LogP contribution < -0.4 is 5.32 Å². The van der Waals surface area contributed by atoms with Crippen LogP contribution in [-0.4, -0.2) is 102 Å². The first-order chi connectivity index (χ1) is 16.7. The summed E-state index contributed by atoms with van der Waals surface area (Å²) in [5.74, 6) is -3.63. The Balaban J connectivity index is 0.000000388. The number of aliphatic carboxylic acids is 2. The van der Waals surface area contributed by atoms with E-state index in [1.165, 1.54) is 0 Å². The van der Waals surface area contributed by atoms with Gasteiger partial charge in [0, 0.05) is 37.1 Å². The first-order valence-corrected chi connectivity index (χ1v) is 11.8. The van der Waals surface area contributed by atoms with E-state index in [-0.39, 0.29) is 18.0 Å². The minimum Gasteiger partial charge on any atom is -0.479 e. The van der Waals surface area contributed by atoms with Crippen molar-refractivity contribution < 1.29 is 39.9 Å². The molecule has 0 spiro atoms. The van der Waals surface area contributed by atoms with E-state index < -0.39 is 29.7 Å². The fraction of sp³-hybridized carbons (Fsp3) is 0.583. The van der Waals surface area contributed by atoms with Crippen molar-refractivity contribution in [3.8, 4) is 0 Å². The van der Waals surface area contributed by atoms with Crippen LogP contribution in [0.4, 0.5) is 0 Å². The number of nitrogens with zero attached hydrogens (tertiary/aromatic N) is 3. The topological polar surface area (TPSA) is 185 Å². The molecule has 1 saturated heterocycles. The van der Waals surface area contributed by atoms with Crippen LogP contribution in [0.3, 0.4) is 0 Å². The third kappa shape index (κ3) is 7.98. The van der Waals surface area contributed by atoms with Crippen molar-refractivity contribution in [1.29, 1.82) is 0 Å². The van der Waals surface area contributed by atoms with Crippen LogP contribution in [0.1, 0.15) is 57.1 Å². The zero-order valence-electron chi connectivity index (χ0n) is 21.0. The van der Waals surface area contributed by atoms with Crippen LogP contribution in [-0.2, 0) is 9.59 Å². The van der Waals surface area contributed by atoms with Crippen molar-refractivity contribution in [2.45, 2.75) is 70.4 Å². The molecule has 2 unspecified atom stereocenters. The van der Waals surface area contributed by atoms with E-state index in [2.05, 4.69) is 29.2 Å². The van der Waals surface area contributed by atoms with Crippen LogP contribution >= 0.6 is 0 Å². The molecule has 2 atom stereocenters. The largest absolute Gasteiger partial charge is 0.479 e. The number of fused-ring (bicyclic) bond motifs is 1. The molecule has 6 N–H and O–H groups in total. The van der Waals surface area contributed by atoms with Gasteiger partial charge in [-0.05, 0) is 46.6 Å². The molecular formula is C24H36N4O8. The first kappa shape index (κ1) is 29.2. The number of para-hydroxylation sites is 1. The number of piperidine rings is 1. The SMILES string of the molecule is CC(C)n1nc(C(=O)NC2CCN(CC(C)(C)O)CC2)c2ccccc21.O=C(O)C(O)C(O)C(=O)O. The van der Waals surface area contributed by atoms with Gasteiger partial charge in [0.25, 0.3) is 5.91 Å². The van der Waals surface area contributed by atoms with Gasteiger partial charge in [0.15, 0.2) is 17.9 Å². The van der Waals surface area contributed by atoms with Crippen LogP contribution in [0, 0.1) is 0 Å². The number of carboxylic acid groups (broad SMARTS) is 2. The molecule has 0 radical (unpaired) electrons. The molecule has 1 aromatic heterocycles. The Hall–Kier alpha value is -3.06. The van der Waals surface area contributed by atoms with E-state index in [0.717, 1.165) is 36.8 Å². The Bertz CT molecular complexity index is 1040. The van der Waals surface area contributed by atoms with Gasteiger partial charge in [-0.1, -0.05) is 18.2 Å². The molecule has 1 aliphatic heterocycles. The molecule has 12 heteroatoms. The third-order valence-corrected chi connectivity index (χ3v) is 5.66. The lowest BCUT2D eigenvalue weighted by Crippen LogP contribution is -2.48. The lowest BCUT2D eigenvalue weighted by Gasteiger charge is -2.35. The second kappa shape index (κ2) is 12.3. The summed E-state index contributed by atoms with van der Waals surface area (Å²) in [6.07, 6.45) is -2.75. The summed E-state index contributed by atoms with van der Waals surface area (Å²) >= 11 is 0. The summed E-state index contributed by atoms with van der Waals surface area (Å²) in [5, 5.41) is 51.1. The minimum atomic E-state index is -2.27. The number of aliphatic hydroxyl groups is 3. The Morgan fingerprint density at radius 1 is 1.06 bits per heavy atom. The lowest BCUT2D eigenvalue weighted by atomic mass is 10.0. The molecule has 2 aromatic rings. The zero-order chi connectivity index (χ0) is 27.2. The summed E-state index contributed by atoms with van der Waals surface area (Å²) in [7, 11) is 0. The van der Waals surface area contributed by atoms with E-state index in [0.29, 0.717) is 12.2 Å². The number of likely N-dealkylation sites (tertiary alicyclic amines) is 1. The first-order valence-electron chi connectivity index (χ1n) is 11.8. The highest BCUT2D eigenvalue weighted by atomic mass is 16.4. The lowest BCUT2D eigenvalue weighted by molar-refractivity contribution is -0.165. The smallest absolute Gasteiger partial charge is 0.335 e. The summed E-state index contributed by atoms with van der Waals surface area (Å²) < 4.78 is 1.91. The van der Waals surface area contributed by atoms with Gasteiger partial charge in [-0.25, -0.2) is 9.59 Å². The number of nitrogens with one attached hydrogen (secondary N) is 1. The van der Waals surface area contributed by atoms with Gasteiger partial charge in [0.2, 0.25) is 0 Å². The molecule has 1 aromatic carbocycles. The Labute approximate surface area is 209 Å². The Kier molecular flexibility index (Phi) is 9.93. The Morgan fingerprint density at radius 3 is 2.06 bits per heavy atom. The van der Waals surface area contributed by atoms with E-state index in [1.54, 1.807) is 0 Å². The number of carbonyl (C=O) groups excluding carboxylic acids is 1. The van der Waals surface area contributed by atoms with Crippen LogP contribution in [0.2, 0.25) is 0 Å². The van der Waals surface area contributed by atoms with Crippen molar-refractivity contribution >= 4 is 28.7 Å². The number of hydrogen-bond acceptors (Lipinski definition) is 8. The van der Waals surface area contributed by atoms with Crippen molar-refractivity contribution in [2.24, 2.45) is 0 Å². The van der Waals surface area contributed by atoms with Gasteiger partial charge in [0.1, 0.15) is 0 Å². The number of carboxylic acids is 2. The molecule has 1 fully saturated rings. The monoisotopic (exact) mass is 508 g/mol. The summed E-state index contributed by atoms with van der Waals surface area (Å²) in [5.41, 5.74) is 0.819. The quantitative estimate of drug-likeness (QED) is 0.293. The van der Waals surface area contributed by atoms with Gasteiger partial charge in [-0.15, -0.1) is 0 Å². The van der Waals surface area contributed by atoms with Crippen LogP contribution in [0.5, 0.6) is 0 Å². The molecule has 0 saturated carbocycles. The number of hydrogen-bond donors (Lipinski definition) is 6. The van der Waals surface area contributed by atoms with Gasteiger partial charge in [-0.2, -0.15) is 5.10 Å². The predicted molar refractivity (Wildman–Crippen MR) is 131 cm³/mol. The van der Waals surface area contributed by atoms with E-state index in [4.69, 9.17) is 20.4 Å². The fourth-order valence-corrected chi connectivity index (χ4v) is 3.96. The van der Waals surface area contributed by atoms with Gasteiger partial charge >= 0.3 is 11.9 Å². The summed E-state index contributed by atoms with van der Waals surface area (Å²) in [6, 6.07) is 8.25. The highest BCUT2D eigenvalue weighted by molar-refractivity contribution is 6.05. The molecule has 36 heavy (non-hydrogen) atoms. The summed E-state index contributed by atoms with van der Waals surface area (Å²) in [6.45, 7) is 10.2. The van der Waals surface area contributed by atoms with E-state index in [9.17, 15) is 19.5 Å². The van der Waals surface area contributed by atoms with Crippen molar-refractivity contribution in [3.63, 3.8) is 0 Å². The number of carbonyl (C=O) groups is 3. The fourth-order valence-electron chi connectivity index (χ4n) is 3.96. The van der Waals surface area contributed by atoms with Crippen LogP contribution in [0.25, 0.3) is 10.9 Å². The molecule has 200 valence electrons. The number of amides is 1. The minimum absolute atomic E-state index is 0.0958. The number of benzene rings is 1. The highest BCUT2D eigenvalue weighted by Crippen LogP contribution is 2.22. The number of rotatable bonds is 8. The van der Waals surface area contributed by atoms with E-state index >= 15 is 0 Å². The number of β-amino-alcohol motifs (C(OH)–C–C–N with tert-alkyl or cyclic N) is 1. The molecular weight excluding hydrogens is 472 g/mol. The maximum atomic E-state index is 12.8. The van der Waals surface area contributed by atoms with Crippen LogP contribution in [0.15, 0.2) is 24.3 Å². The normalized spacial score (nSPS) is 16.8. The number of aliphatic hydroxyl groups excluding tert-OH is 2. The maximum absolute atomic E-state index is 12.8. The second-order valence-corrected chi connectivity index (χ2v) is 9.81. The van der Waals surface area contributed by atoms with E-state index in [1.807, 2.05) is 42.8 Å².